The molecule has 0 amide bonds. The largest absolute Gasteiger partial charge is 0.313 e. The lowest BCUT2D eigenvalue weighted by Crippen LogP contribution is -2.66. The second-order valence-corrected chi connectivity index (χ2v) is 16.5. The van der Waals surface area contributed by atoms with Gasteiger partial charge in [0.05, 0.1) is 0 Å². The maximum atomic E-state index is 2.66. The molecule has 5 aromatic rings. The average molecular weight is 656 g/mol. The topological polar surface area (TPSA) is 3.24 Å². The number of nitrogens with zero attached hydrogens (tertiary/aromatic N) is 1. The van der Waals surface area contributed by atoms with E-state index in [1.54, 1.807) is 0 Å². The van der Waals surface area contributed by atoms with Gasteiger partial charge in [-0.1, -0.05) is 103 Å². The zero-order chi connectivity index (χ0) is 36.2. The fraction of sp³-hybridized carbons (Fsp3) is 0.362. The predicted octanol–water partition coefficient (Wildman–Crippen LogP) is 8.46. The van der Waals surface area contributed by atoms with E-state index in [1.165, 1.54) is 122 Å². The van der Waals surface area contributed by atoms with Gasteiger partial charge in [0.1, 0.15) is 0 Å². The van der Waals surface area contributed by atoms with Gasteiger partial charge in [-0.05, 0) is 166 Å². The lowest BCUT2D eigenvalue weighted by atomic mass is 9.29. The summed E-state index contributed by atoms with van der Waals surface area (Å²) in [5.74, 6) is 0.898. The smallest absolute Gasteiger partial charge is 0.247 e. The molecule has 2 heterocycles. The lowest BCUT2D eigenvalue weighted by molar-refractivity contribution is 0.867. The first-order valence-electron chi connectivity index (χ1n) is 18.9. The molecule has 0 saturated heterocycles. The van der Waals surface area contributed by atoms with Crippen LogP contribution in [0.5, 0.6) is 0 Å². The summed E-state index contributed by atoms with van der Waals surface area (Å²) in [6.07, 6.45) is 0. The van der Waals surface area contributed by atoms with Gasteiger partial charge in [-0.3, -0.25) is 0 Å². The lowest BCUT2D eigenvalue weighted by Gasteiger charge is -2.45. The molecule has 0 N–H and O–H groups in total. The zero-order valence-electron chi connectivity index (χ0n) is 33.4. The molecule has 0 aliphatic carbocycles. The molecule has 0 saturated carbocycles. The molecule has 1 nitrogen and oxygen atoms in total. The summed E-state index contributed by atoms with van der Waals surface area (Å²) in [5.41, 5.74) is 31.2. The molecule has 7 rings (SSSR count). The number of fused-ring (bicyclic) bond motifs is 4. The van der Waals surface area contributed by atoms with E-state index >= 15 is 0 Å². The Morgan fingerprint density at radius 1 is 0.400 bits per heavy atom. The van der Waals surface area contributed by atoms with Crippen molar-refractivity contribution in [1.82, 2.24) is 0 Å². The standard InChI is InChI=1S/C47H55B2N/c1-24(2)37-16-18-43-39(22-37)48(45-33(12)29(8)27(6)30(9)34(45)13)41-20-26(5)21-42-47(41)50(43)44-19-17-38(25(3)4)23-40(44)49(42)46-35(14)31(10)28(7)32(11)36(46)15/h16-25H,1-15H3. The van der Waals surface area contributed by atoms with Crippen molar-refractivity contribution in [2.75, 3.05) is 4.90 Å². The molecule has 0 bridgehead atoms. The molecule has 0 aromatic heterocycles. The summed E-state index contributed by atoms with van der Waals surface area (Å²) in [4.78, 5) is 2.66. The summed E-state index contributed by atoms with van der Waals surface area (Å²) in [6.45, 7) is 35.4. The van der Waals surface area contributed by atoms with Crippen LogP contribution in [0, 0.1) is 76.2 Å². The van der Waals surface area contributed by atoms with Crippen LogP contribution < -0.4 is 37.7 Å². The van der Waals surface area contributed by atoms with Gasteiger partial charge in [0.15, 0.2) is 0 Å². The molecule has 2 aliphatic rings. The third-order valence-electron chi connectivity index (χ3n) is 13.4. The van der Waals surface area contributed by atoms with Gasteiger partial charge in [-0.25, -0.2) is 0 Å². The van der Waals surface area contributed by atoms with Crippen LogP contribution in [-0.2, 0) is 0 Å². The van der Waals surface area contributed by atoms with E-state index in [0.29, 0.717) is 11.8 Å². The molecule has 0 atom stereocenters. The van der Waals surface area contributed by atoms with E-state index in [0.717, 1.165) is 0 Å². The Bertz CT molecular complexity index is 2040. The second kappa shape index (κ2) is 12.1. The van der Waals surface area contributed by atoms with Crippen molar-refractivity contribution < 1.29 is 0 Å². The Balaban J connectivity index is 1.68. The predicted molar refractivity (Wildman–Crippen MR) is 224 cm³/mol. The van der Waals surface area contributed by atoms with Crippen molar-refractivity contribution >= 4 is 63.3 Å². The Morgan fingerprint density at radius 2 is 0.720 bits per heavy atom. The molecule has 5 aromatic carbocycles. The molecular weight excluding hydrogens is 600 g/mol. The molecule has 50 heavy (non-hydrogen) atoms. The van der Waals surface area contributed by atoms with Crippen LogP contribution in [0.2, 0.25) is 0 Å². The van der Waals surface area contributed by atoms with Crippen molar-refractivity contribution in [3.05, 3.63) is 121 Å². The minimum atomic E-state index is 0.146. The Kier molecular flexibility index (Phi) is 8.33. The quantitative estimate of drug-likeness (QED) is 0.172. The second-order valence-electron chi connectivity index (χ2n) is 16.5. The molecule has 254 valence electrons. The Hall–Kier alpha value is -3.97. The number of rotatable bonds is 4. The number of hydrogen-bond donors (Lipinski definition) is 0. The van der Waals surface area contributed by atoms with E-state index in [2.05, 4.69) is 157 Å². The van der Waals surface area contributed by atoms with E-state index in [1.807, 2.05) is 0 Å². The molecule has 0 spiro atoms. The highest BCUT2D eigenvalue weighted by atomic mass is 15.2. The normalized spacial score (nSPS) is 13.3. The average Bonchev–Trinajstić information content (AvgIpc) is 3.09. The first-order valence-corrected chi connectivity index (χ1v) is 18.9. The summed E-state index contributed by atoms with van der Waals surface area (Å²) >= 11 is 0. The third kappa shape index (κ3) is 4.82. The van der Waals surface area contributed by atoms with Gasteiger partial charge in [-0.2, -0.15) is 0 Å². The number of hydrogen-bond acceptors (Lipinski definition) is 1. The Labute approximate surface area is 303 Å². The zero-order valence-corrected chi connectivity index (χ0v) is 33.4. The van der Waals surface area contributed by atoms with E-state index in [4.69, 9.17) is 0 Å². The van der Waals surface area contributed by atoms with E-state index in [-0.39, 0.29) is 13.4 Å². The first-order chi connectivity index (χ1) is 23.6. The third-order valence-corrected chi connectivity index (χ3v) is 13.4. The van der Waals surface area contributed by atoms with Gasteiger partial charge in [0.2, 0.25) is 13.4 Å². The van der Waals surface area contributed by atoms with Crippen molar-refractivity contribution in [1.29, 1.82) is 0 Å². The Morgan fingerprint density at radius 3 is 1.04 bits per heavy atom. The van der Waals surface area contributed by atoms with Crippen molar-refractivity contribution in [3.63, 3.8) is 0 Å². The van der Waals surface area contributed by atoms with Crippen LogP contribution in [0.4, 0.5) is 17.1 Å². The van der Waals surface area contributed by atoms with Crippen LogP contribution in [0.1, 0.15) is 112 Å². The molecular formula is C47H55B2N. The SMILES string of the molecule is Cc1cc2c3c(c1)B(c1c(C)c(C)c(C)c(C)c1C)c1cc(C(C)C)ccc1N3c1ccc(C(C)C)cc1B2c1c(C)c(C)c(C)c(C)c1C. The van der Waals surface area contributed by atoms with Gasteiger partial charge >= 0.3 is 0 Å². The van der Waals surface area contributed by atoms with Crippen molar-refractivity contribution in [2.45, 2.75) is 116 Å². The van der Waals surface area contributed by atoms with E-state index < -0.39 is 0 Å². The van der Waals surface area contributed by atoms with Crippen molar-refractivity contribution in [2.24, 2.45) is 0 Å². The summed E-state index contributed by atoms with van der Waals surface area (Å²) in [5, 5.41) is 0. The van der Waals surface area contributed by atoms with Gasteiger partial charge in [0, 0.05) is 17.1 Å². The summed E-state index contributed by atoms with van der Waals surface area (Å²) in [6, 6.07) is 19.8. The fourth-order valence-electron chi connectivity index (χ4n) is 9.52. The minimum absolute atomic E-state index is 0.146. The summed E-state index contributed by atoms with van der Waals surface area (Å²) < 4.78 is 0. The maximum absolute atomic E-state index is 2.66. The molecule has 3 heteroatoms. The minimum Gasteiger partial charge on any atom is -0.313 e. The monoisotopic (exact) mass is 655 g/mol. The molecule has 2 aliphatic heterocycles. The number of benzene rings is 5. The highest BCUT2D eigenvalue weighted by Gasteiger charge is 2.45. The number of anilines is 3. The summed E-state index contributed by atoms with van der Waals surface area (Å²) in [7, 11) is 0. The molecule has 0 radical (unpaired) electrons. The van der Waals surface area contributed by atoms with Gasteiger partial charge in [0.25, 0.3) is 0 Å². The molecule has 0 unspecified atom stereocenters. The first kappa shape index (κ1) is 34.5. The fourth-order valence-corrected chi connectivity index (χ4v) is 9.52. The van der Waals surface area contributed by atoms with Gasteiger partial charge in [-0.15, -0.1) is 0 Å². The number of aryl methyl sites for hydroxylation is 1. The van der Waals surface area contributed by atoms with Crippen LogP contribution in [0.25, 0.3) is 0 Å². The van der Waals surface area contributed by atoms with Crippen LogP contribution in [0.3, 0.4) is 0 Å². The van der Waals surface area contributed by atoms with Gasteiger partial charge < -0.3 is 4.90 Å². The van der Waals surface area contributed by atoms with Crippen LogP contribution in [-0.4, -0.2) is 13.4 Å². The van der Waals surface area contributed by atoms with Crippen LogP contribution >= 0.6 is 0 Å². The van der Waals surface area contributed by atoms with E-state index in [9.17, 15) is 0 Å². The highest BCUT2D eigenvalue weighted by Crippen LogP contribution is 2.40. The highest BCUT2D eigenvalue weighted by molar-refractivity contribution is 7.02. The maximum Gasteiger partial charge on any atom is 0.247 e. The van der Waals surface area contributed by atoms with Crippen LogP contribution in [0.15, 0.2) is 48.5 Å². The molecule has 0 fully saturated rings. The van der Waals surface area contributed by atoms with Crippen molar-refractivity contribution in [3.8, 4) is 0 Å².